The van der Waals surface area contributed by atoms with Gasteiger partial charge in [0.05, 0.1) is 17.4 Å². The van der Waals surface area contributed by atoms with Gasteiger partial charge in [-0.3, -0.25) is 4.79 Å². The van der Waals surface area contributed by atoms with Gasteiger partial charge in [0.25, 0.3) is 5.91 Å². The van der Waals surface area contributed by atoms with Crippen LogP contribution < -0.4 is 10.6 Å². The average Bonchev–Trinajstić information content (AvgIpc) is 2.42. The summed E-state index contributed by atoms with van der Waals surface area (Å²) in [6.07, 6.45) is 1.07. The van der Waals surface area contributed by atoms with E-state index < -0.39 is 11.7 Å². The number of nitrogens with zero attached hydrogens (tertiary/aromatic N) is 1. The highest BCUT2D eigenvalue weighted by atomic mass is 79.9. The van der Waals surface area contributed by atoms with Crippen molar-refractivity contribution in [2.24, 2.45) is 0 Å². The van der Waals surface area contributed by atoms with Gasteiger partial charge < -0.3 is 10.6 Å². The van der Waals surface area contributed by atoms with Gasteiger partial charge in [-0.25, -0.2) is 9.37 Å². The van der Waals surface area contributed by atoms with Crippen LogP contribution in [0.4, 0.5) is 15.9 Å². The van der Waals surface area contributed by atoms with E-state index in [0.29, 0.717) is 11.5 Å². The Balaban J connectivity index is 2.37. The quantitative estimate of drug-likeness (QED) is 0.881. The molecule has 1 heterocycles. The average molecular weight is 352 g/mol. The number of rotatable bonds is 3. The first-order valence-corrected chi connectivity index (χ1v) is 7.13. The summed E-state index contributed by atoms with van der Waals surface area (Å²) in [6.45, 7) is 3.87. The SMILES string of the molecule is CNc1ncc(F)cc1C(=O)Nc1c(C)cc(C)cc1Br. The molecule has 0 saturated heterocycles. The Morgan fingerprint density at radius 1 is 1.29 bits per heavy atom. The fraction of sp³-hybridized carbons (Fsp3) is 0.200. The number of aromatic nitrogens is 1. The van der Waals surface area contributed by atoms with Crippen molar-refractivity contribution in [3.8, 4) is 0 Å². The fourth-order valence-corrected chi connectivity index (χ4v) is 2.84. The Kier molecular flexibility index (Phi) is 4.57. The van der Waals surface area contributed by atoms with Crippen LogP contribution in [0.15, 0.2) is 28.9 Å². The lowest BCUT2D eigenvalue weighted by atomic mass is 10.1. The van der Waals surface area contributed by atoms with Crippen LogP contribution in [-0.4, -0.2) is 17.9 Å². The lowest BCUT2D eigenvalue weighted by molar-refractivity contribution is 0.102. The number of carbonyl (C=O) groups excluding carboxylic acids is 1. The topological polar surface area (TPSA) is 54.0 Å². The molecule has 0 aliphatic carbocycles. The van der Waals surface area contributed by atoms with Gasteiger partial charge in [-0.05, 0) is 53.0 Å². The molecule has 0 aliphatic rings. The number of halogens is 2. The maximum absolute atomic E-state index is 13.3. The minimum Gasteiger partial charge on any atom is -0.372 e. The zero-order chi connectivity index (χ0) is 15.6. The largest absolute Gasteiger partial charge is 0.372 e. The molecule has 6 heteroatoms. The molecule has 0 spiro atoms. The predicted octanol–water partition coefficient (Wildman–Crippen LogP) is 3.89. The summed E-state index contributed by atoms with van der Waals surface area (Å²) in [5.41, 5.74) is 2.83. The Morgan fingerprint density at radius 2 is 2.00 bits per heavy atom. The summed E-state index contributed by atoms with van der Waals surface area (Å²) in [4.78, 5) is 16.2. The van der Waals surface area contributed by atoms with Crippen molar-refractivity contribution in [1.82, 2.24) is 4.98 Å². The smallest absolute Gasteiger partial charge is 0.259 e. The molecule has 21 heavy (non-hydrogen) atoms. The first kappa shape index (κ1) is 15.4. The predicted molar refractivity (Wildman–Crippen MR) is 85.3 cm³/mol. The number of anilines is 2. The molecule has 2 aromatic rings. The van der Waals surface area contributed by atoms with E-state index in [9.17, 15) is 9.18 Å². The van der Waals surface area contributed by atoms with Crippen LogP contribution in [0.3, 0.4) is 0 Å². The first-order chi connectivity index (χ1) is 9.92. The van der Waals surface area contributed by atoms with Gasteiger partial charge in [-0.15, -0.1) is 0 Å². The fourth-order valence-electron chi connectivity index (χ4n) is 2.07. The monoisotopic (exact) mass is 351 g/mol. The number of hydrogen-bond donors (Lipinski definition) is 2. The summed E-state index contributed by atoms with van der Waals surface area (Å²) < 4.78 is 14.1. The lowest BCUT2D eigenvalue weighted by Gasteiger charge is -2.13. The van der Waals surface area contributed by atoms with Gasteiger partial charge in [0, 0.05) is 11.5 Å². The van der Waals surface area contributed by atoms with Crippen LogP contribution in [0.5, 0.6) is 0 Å². The Morgan fingerprint density at radius 3 is 2.62 bits per heavy atom. The molecule has 0 atom stereocenters. The van der Waals surface area contributed by atoms with Crippen molar-refractivity contribution in [3.63, 3.8) is 0 Å². The molecule has 1 aromatic carbocycles. The van der Waals surface area contributed by atoms with E-state index in [0.717, 1.165) is 27.9 Å². The second kappa shape index (κ2) is 6.22. The highest BCUT2D eigenvalue weighted by molar-refractivity contribution is 9.10. The van der Waals surface area contributed by atoms with Gasteiger partial charge in [-0.1, -0.05) is 6.07 Å². The van der Waals surface area contributed by atoms with Crippen LogP contribution >= 0.6 is 15.9 Å². The third-order valence-electron chi connectivity index (χ3n) is 3.01. The number of carbonyl (C=O) groups is 1. The van der Waals surface area contributed by atoms with E-state index in [1.165, 1.54) is 0 Å². The van der Waals surface area contributed by atoms with Crippen molar-refractivity contribution in [2.45, 2.75) is 13.8 Å². The Labute approximate surface area is 130 Å². The van der Waals surface area contributed by atoms with E-state index in [1.54, 1.807) is 7.05 Å². The van der Waals surface area contributed by atoms with Gasteiger partial charge in [0.2, 0.25) is 0 Å². The second-order valence-corrected chi connectivity index (χ2v) is 5.55. The van der Waals surface area contributed by atoms with E-state index in [-0.39, 0.29) is 5.56 Å². The molecule has 4 nitrogen and oxygen atoms in total. The summed E-state index contributed by atoms with van der Waals surface area (Å²) >= 11 is 3.43. The van der Waals surface area contributed by atoms with Gasteiger partial charge in [-0.2, -0.15) is 0 Å². The number of amides is 1. The van der Waals surface area contributed by atoms with Crippen molar-refractivity contribution in [1.29, 1.82) is 0 Å². The van der Waals surface area contributed by atoms with Crippen LogP contribution in [0.25, 0.3) is 0 Å². The third kappa shape index (κ3) is 3.39. The van der Waals surface area contributed by atoms with E-state index in [4.69, 9.17) is 0 Å². The summed E-state index contributed by atoms with van der Waals surface area (Å²) in [5.74, 6) is -0.646. The van der Waals surface area contributed by atoms with E-state index in [1.807, 2.05) is 26.0 Å². The van der Waals surface area contributed by atoms with Crippen LogP contribution in [0.2, 0.25) is 0 Å². The lowest BCUT2D eigenvalue weighted by Crippen LogP contribution is -2.16. The molecular formula is C15H15BrFN3O. The molecule has 110 valence electrons. The summed E-state index contributed by atoms with van der Waals surface area (Å²) in [5, 5.41) is 5.57. The molecule has 1 amide bonds. The zero-order valence-electron chi connectivity index (χ0n) is 11.9. The van der Waals surface area contributed by atoms with Gasteiger partial charge in [0.15, 0.2) is 0 Å². The van der Waals surface area contributed by atoms with Crippen molar-refractivity contribution in [3.05, 3.63) is 51.4 Å². The molecule has 0 fully saturated rings. The normalized spacial score (nSPS) is 10.3. The van der Waals surface area contributed by atoms with Gasteiger partial charge >= 0.3 is 0 Å². The third-order valence-corrected chi connectivity index (χ3v) is 3.63. The number of aryl methyl sites for hydroxylation is 2. The van der Waals surface area contributed by atoms with Crippen LogP contribution in [0, 0.1) is 19.7 Å². The first-order valence-electron chi connectivity index (χ1n) is 6.33. The minimum absolute atomic E-state index is 0.157. The molecular weight excluding hydrogens is 337 g/mol. The van der Waals surface area contributed by atoms with E-state index in [2.05, 4.69) is 31.5 Å². The van der Waals surface area contributed by atoms with Crippen LogP contribution in [-0.2, 0) is 0 Å². The van der Waals surface area contributed by atoms with Crippen molar-refractivity contribution < 1.29 is 9.18 Å². The summed E-state index contributed by atoms with van der Waals surface area (Å²) in [7, 11) is 1.63. The van der Waals surface area contributed by atoms with Gasteiger partial charge in [0.1, 0.15) is 11.6 Å². The Bertz CT molecular complexity index is 680. The highest BCUT2D eigenvalue weighted by Gasteiger charge is 2.16. The van der Waals surface area contributed by atoms with Crippen LogP contribution in [0.1, 0.15) is 21.5 Å². The number of pyridine rings is 1. The minimum atomic E-state index is -0.557. The molecule has 0 aliphatic heterocycles. The maximum atomic E-state index is 13.3. The molecule has 0 unspecified atom stereocenters. The molecule has 2 rings (SSSR count). The Hall–Kier alpha value is -1.95. The molecule has 0 radical (unpaired) electrons. The summed E-state index contributed by atoms with van der Waals surface area (Å²) in [6, 6.07) is 5.03. The zero-order valence-corrected chi connectivity index (χ0v) is 13.5. The standard InChI is InChI=1S/C15H15BrFN3O/c1-8-4-9(2)13(12(16)5-8)20-15(21)11-6-10(17)7-19-14(11)18-3/h4-7H,1-3H3,(H,18,19)(H,20,21). The van der Waals surface area contributed by atoms with Crippen molar-refractivity contribution >= 4 is 33.3 Å². The molecule has 0 saturated carbocycles. The second-order valence-electron chi connectivity index (χ2n) is 4.69. The maximum Gasteiger partial charge on any atom is 0.259 e. The number of nitrogens with one attached hydrogen (secondary N) is 2. The molecule has 1 aromatic heterocycles. The number of benzene rings is 1. The number of hydrogen-bond acceptors (Lipinski definition) is 3. The highest BCUT2D eigenvalue weighted by Crippen LogP contribution is 2.28. The molecule has 2 N–H and O–H groups in total. The van der Waals surface area contributed by atoms with E-state index >= 15 is 0 Å². The van der Waals surface area contributed by atoms with Crippen molar-refractivity contribution in [2.75, 3.05) is 17.7 Å². The molecule has 0 bridgehead atoms.